The Hall–Kier alpha value is -0.0800. The van der Waals surface area contributed by atoms with Crippen LogP contribution in [0.25, 0.3) is 0 Å². The van der Waals surface area contributed by atoms with Crippen molar-refractivity contribution in [1.29, 1.82) is 0 Å². The van der Waals surface area contributed by atoms with Gasteiger partial charge in [-0.15, -0.1) is 0 Å². The summed E-state index contributed by atoms with van der Waals surface area (Å²) < 4.78 is 0. The van der Waals surface area contributed by atoms with E-state index in [2.05, 4.69) is 13.8 Å². The van der Waals surface area contributed by atoms with E-state index in [9.17, 15) is 0 Å². The first kappa shape index (κ1) is 9.01. The van der Waals surface area contributed by atoms with Gasteiger partial charge in [-0.1, -0.05) is 26.7 Å². The average Bonchev–Trinajstić information content (AvgIpc) is 2.10. The number of rotatable bonds is 1. The van der Waals surface area contributed by atoms with Crippen molar-refractivity contribution in [2.24, 2.45) is 11.3 Å². The first-order valence-corrected chi connectivity index (χ1v) is 4.50. The molecule has 1 fully saturated rings. The standard InChI is InChI=1S/C9H19NO/c1-9(2)6-4-3-5-8(7-9)11-10/h8H,3-7,10H2,1-2H3. The highest BCUT2D eigenvalue weighted by molar-refractivity contribution is 4.77. The number of hydrogen-bond acceptors (Lipinski definition) is 2. The summed E-state index contributed by atoms with van der Waals surface area (Å²) in [6.45, 7) is 4.59. The molecule has 1 aliphatic rings. The second kappa shape index (κ2) is 3.55. The van der Waals surface area contributed by atoms with Gasteiger partial charge in [-0.2, -0.15) is 0 Å². The molecule has 0 aromatic rings. The van der Waals surface area contributed by atoms with E-state index in [1.807, 2.05) is 0 Å². The largest absolute Gasteiger partial charge is 0.301 e. The second-order valence-electron chi connectivity index (χ2n) is 4.37. The predicted molar refractivity (Wildman–Crippen MR) is 45.9 cm³/mol. The van der Waals surface area contributed by atoms with Gasteiger partial charge in [0.25, 0.3) is 0 Å². The highest BCUT2D eigenvalue weighted by Crippen LogP contribution is 2.34. The molecule has 0 amide bonds. The van der Waals surface area contributed by atoms with Crippen LogP contribution in [0.3, 0.4) is 0 Å². The van der Waals surface area contributed by atoms with Crippen molar-refractivity contribution in [3.8, 4) is 0 Å². The fourth-order valence-corrected chi connectivity index (χ4v) is 1.91. The van der Waals surface area contributed by atoms with E-state index >= 15 is 0 Å². The van der Waals surface area contributed by atoms with Crippen LogP contribution in [-0.2, 0) is 4.84 Å². The minimum atomic E-state index is 0.299. The molecule has 0 aliphatic heterocycles. The first-order valence-electron chi connectivity index (χ1n) is 4.50. The lowest BCUT2D eigenvalue weighted by Gasteiger charge is -2.24. The van der Waals surface area contributed by atoms with Gasteiger partial charge < -0.3 is 4.84 Å². The Balaban J connectivity index is 2.47. The maximum Gasteiger partial charge on any atom is 0.0792 e. The molecule has 2 N–H and O–H groups in total. The van der Waals surface area contributed by atoms with Crippen LogP contribution in [0.15, 0.2) is 0 Å². The lowest BCUT2D eigenvalue weighted by atomic mass is 9.84. The molecule has 1 rings (SSSR count). The summed E-state index contributed by atoms with van der Waals surface area (Å²) in [5, 5.41) is 0. The van der Waals surface area contributed by atoms with E-state index in [-0.39, 0.29) is 0 Å². The van der Waals surface area contributed by atoms with Gasteiger partial charge in [-0.3, -0.25) is 0 Å². The zero-order valence-corrected chi connectivity index (χ0v) is 7.60. The lowest BCUT2D eigenvalue weighted by Crippen LogP contribution is -2.23. The van der Waals surface area contributed by atoms with Crippen molar-refractivity contribution >= 4 is 0 Å². The highest BCUT2D eigenvalue weighted by atomic mass is 16.6. The van der Waals surface area contributed by atoms with E-state index in [1.54, 1.807) is 0 Å². The minimum Gasteiger partial charge on any atom is -0.301 e. The molecule has 0 bridgehead atoms. The number of nitrogens with two attached hydrogens (primary N) is 1. The third-order valence-corrected chi connectivity index (χ3v) is 2.60. The van der Waals surface area contributed by atoms with Gasteiger partial charge in [0.2, 0.25) is 0 Å². The third kappa shape index (κ3) is 2.80. The molecule has 0 radical (unpaired) electrons. The molecular formula is C9H19NO. The zero-order chi connectivity index (χ0) is 8.32. The van der Waals surface area contributed by atoms with Crippen LogP contribution in [0.4, 0.5) is 0 Å². The van der Waals surface area contributed by atoms with E-state index < -0.39 is 0 Å². The molecule has 11 heavy (non-hydrogen) atoms. The molecule has 0 aromatic carbocycles. The van der Waals surface area contributed by atoms with Crippen LogP contribution in [-0.4, -0.2) is 6.10 Å². The molecule has 0 heterocycles. The van der Waals surface area contributed by atoms with Gasteiger partial charge in [0.05, 0.1) is 6.10 Å². The first-order chi connectivity index (χ1) is 5.14. The van der Waals surface area contributed by atoms with Crippen LogP contribution in [0.5, 0.6) is 0 Å². The smallest absolute Gasteiger partial charge is 0.0792 e. The zero-order valence-electron chi connectivity index (χ0n) is 7.60. The van der Waals surface area contributed by atoms with E-state index in [1.165, 1.54) is 19.3 Å². The fraction of sp³-hybridized carbons (Fsp3) is 1.00. The Labute approximate surface area is 69.1 Å². The van der Waals surface area contributed by atoms with E-state index in [0.717, 1.165) is 12.8 Å². The van der Waals surface area contributed by atoms with Gasteiger partial charge in [-0.05, 0) is 24.7 Å². The SMILES string of the molecule is CC1(C)CCCCC(ON)C1. The monoisotopic (exact) mass is 157 g/mol. The van der Waals surface area contributed by atoms with Crippen molar-refractivity contribution in [2.45, 2.75) is 52.1 Å². The topological polar surface area (TPSA) is 35.2 Å². The van der Waals surface area contributed by atoms with E-state index in [0.29, 0.717) is 11.5 Å². The molecule has 1 aliphatic carbocycles. The lowest BCUT2D eigenvalue weighted by molar-refractivity contribution is 0.0228. The van der Waals surface area contributed by atoms with Crippen molar-refractivity contribution < 1.29 is 4.84 Å². The Morgan fingerprint density at radius 3 is 2.73 bits per heavy atom. The summed E-state index contributed by atoms with van der Waals surface area (Å²) in [7, 11) is 0. The average molecular weight is 157 g/mol. The normalized spacial score (nSPS) is 31.4. The Kier molecular flexibility index (Phi) is 2.90. The van der Waals surface area contributed by atoms with Crippen molar-refractivity contribution in [1.82, 2.24) is 0 Å². The molecule has 0 aromatic heterocycles. The van der Waals surface area contributed by atoms with Gasteiger partial charge in [0.15, 0.2) is 0 Å². The van der Waals surface area contributed by atoms with Crippen molar-refractivity contribution in [3.63, 3.8) is 0 Å². The maximum atomic E-state index is 5.19. The number of hydrogen-bond donors (Lipinski definition) is 1. The summed E-state index contributed by atoms with van der Waals surface area (Å²) in [4.78, 5) is 4.91. The highest BCUT2D eigenvalue weighted by Gasteiger charge is 2.26. The van der Waals surface area contributed by atoms with Crippen LogP contribution >= 0.6 is 0 Å². The minimum absolute atomic E-state index is 0.299. The Bertz CT molecular complexity index is 123. The molecule has 0 saturated heterocycles. The quantitative estimate of drug-likeness (QED) is 0.468. The van der Waals surface area contributed by atoms with E-state index in [4.69, 9.17) is 10.7 Å². The van der Waals surface area contributed by atoms with Crippen molar-refractivity contribution in [2.75, 3.05) is 0 Å². The van der Waals surface area contributed by atoms with Gasteiger partial charge in [0.1, 0.15) is 0 Å². The summed E-state index contributed by atoms with van der Waals surface area (Å²) in [6.07, 6.45) is 6.46. The summed E-state index contributed by atoms with van der Waals surface area (Å²) in [5.74, 6) is 5.19. The Morgan fingerprint density at radius 2 is 2.09 bits per heavy atom. The molecule has 66 valence electrons. The van der Waals surface area contributed by atoms with Crippen LogP contribution in [0.2, 0.25) is 0 Å². The molecule has 1 atom stereocenters. The van der Waals surface area contributed by atoms with Gasteiger partial charge >= 0.3 is 0 Å². The second-order valence-corrected chi connectivity index (χ2v) is 4.37. The third-order valence-electron chi connectivity index (χ3n) is 2.60. The molecule has 2 heteroatoms. The molecule has 1 saturated carbocycles. The summed E-state index contributed by atoms with van der Waals surface area (Å²) in [5.41, 5.74) is 0.431. The molecule has 1 unspecified atom stereocenters. The summed E-state index contributed by atoms with van der Waals surface area (Å²) >= 11 is 0. The van der Waals surface area contributed by atoms with Crippen molar-refractivity contribution in [3.05, 3.63) is 0 Å². The maximum absolute atomic E-state index is 5.19. The van der Waals surface area contributed by atoms with Gasteiger partial charge in [-0.25, -0.2) is 5.90 Å². The molecule has 0 spiro atoms. The van der Waals surface area contributed by atoms with Crippen LogP contribution < -0.4 is 5.90 Å². The van der Waals surface area contributed by atoms with Crippen LogP contribution in [0.1, 0.15) is 46.0 Å². The molecular weight excluding hydrogens is 138 g/mol. The summed E-state index contributed by atoms with van der Waals surface area (Å²) in [6, 6.07) is 0. The Morgan fingerprint density at radius 1 is 1.36 bits per heavy atom. The van der Waals surface area contributed by atoms with Gasteiger partial charge in [0, 0.05) is 0 Å². The molecule has 2 nitrogen and oxygen atoms in total. The van der Waals surface area contributed by atoms with Crippen LogP contribution in [0, 0.1) is 5.41 Å². The fourth-order valence-electron chi connectivity index (χ4n) is 1.91. The predicted octanol–water partition coefficient (Wildman–Crippen LogP) is 2.24.